The van der Waals surface area contributed by atoms with E-state index in [0.717, 1.165) is 5.56 Å². The molecule has 0 bridgehead atoms. The van der Waals surface area contributed by atoms with Crippen LogP contribution >= 0.6 is 0 Å². The van der Waals surface area contributed by atoms with Crippen molar-refractivity contribution in [1.82, 2.24) is 4.98 Å². The molecule has 130 valence electrons. The molecule has 0 radical (unpaired) electrons. The maximum atomic E-state index is 14.0. The lowest BCUT2D eigenvalue weighted by atomic mass is 10.2. The Morgan fingerprint density at radius 2 is 1.68 bits per heavy atom. The third-order valence-electron chi connectivity index (χ3n) is 3.68. The molecule has 0 aliphatic rings. The van der Waals surface area contributed by atoms with Crippen LogP contribution in [0.1, 0.15) is 5.56 Å². The van der Waals surface area contributed by atoms with Gasteiger partial charge < -0.3 is 9.32 Å². The number of aromatic nitrogens is 1. The molecule has 2 aromatic carbocycles. The van der Waals surface area contributed by atoms with Gasteiger partial charge in [0.1, 0.15) is 5.82 Å². The van der Waals surface area contributed by atoms with Gasteiger partial charge in [0.2, 0.25) is 26.6 Å². The molecule has 0 atom stereocenters. The number of benzene rings is 2. The summed E-state index contributed by atoms with van der Waals surface area (Å²) in [6, 6.07) is 12.4. The van der Waals surface area contributed by atoms with Crippen LogP contribution in [0.3, 0.4) is 0 Å². The van der Waals surface area contributed by atoms with Gasteiger partial charge in [-0.05, 0) is 31.2 Å². The largest absolute Gasteiger partial charge is 0.419 e. The Hall–Kier alpha value is -2.67. The van der Waals surface area contributed by atoms with E-state index in [4.69, 9.17) is 4.42 Å². The van der Waals surface area contributed by atoms with Gasteiger partial charge in [0.05, 0.1) is 10.5 Å². The predicted molar refractivity (Wildman–Crippen MR) is 92.9 cm³/mol. The summed E-state index contributed by atoms with van der Waals surface area (Å²) in [5.41, 5.74) is 1.05. The molecule has 5 nitrogen and oxygen atoms in total. The van der Waals surface area contributed by atoms with Gasteiger partial charge in [-0.2, -0.15) is 4.98 Å². The van der Waals surface area contributed by atoms with Gasteiger partial charge in [-0.3, -0.25) is 0 Å². The minimum atomic E-state index is -3.90. The zero-order chi connectivity index (χ0) is 18.2. The van der Waals surface area contributed by atoms with E-state index in [1.54, 1.807) is 38.4 Å². The van der Waals surface area contributed by atoms with E-state index >= 15 is 0 Å². The van der Waals surface area contributed by atoms with Crippen LogP contribution in [0.4, 0.5) is 10.3 Å². The van der Waals surface area contributed by atoms with Crippen LogP contribution in [-0.4, -0.2) is 27.5 Å². The third-order valence-corrected chi connectivity index (χ3v) is 5.34. The molecule has 0 spiro atoms. The second-order valence-electron chi connectivity index (χ2n) is 5.82. The topological polar surface area (TPSA) is 63.4 Å². The fraction of sp³-hybridized carbons (Fsp3) is 0.167. The molecule has 0 saturated heterocycles. The first kappa shape index (κ1) is 17.2. The number of hydrogen-bond acceptors (Lipinski definition) is 5. The monoisotopic (exact) mass is 360 g/mol. The minimum Gasteiger partial charge on any atom is -0.419 e. The summed E-state index contributed by atoms with van der Waals surface area (Å²) in [7, 11) is -0.623. The molecule has 1 aromatic heterocycles. The molecule has 7 heteroatoms. The van der Waals surface area contributed by atoms with E-state index in [1.807, 2.05) is 6.92 Å². The first-order chi connectivity index (χ1) is 11.8. The van der Waals surface area contributed by atoms with Crippen LogP contribution in [-0.2, 0) is 9.84 Å². The number of hydrogen-bond donors (Lipinski definition) is 0. The van der Waals surface area contributed by atoms with Crippen molar-refractivity contribution in [3.8, 4) is 11.5 Å². The van der Waals surface area contributed by atoms with Crippen LogP contribution < -0.4 is 4.90 Å². The first-order valence-electron chi connectivity index (χ1n) is 7.55. The van der Waals surface area contributed by atoms with E-state index in [9.17, 15) is 12.8 Å². The summed E-state index contributed by atoms with van der Waals surface area (Å²) in [6.45, 7) is 1.87. The van der Waals surface area contributed by atoms with Crippen LogP contribution in [0.5, 0.6) is 0 Å². The van der Waals surface area contributed by atoms with Crippen molar-refractivity contribution in [2.45, 2.75) is 16.8 Å². The maximum absolute atomic E-state index is 14.0. The van der Waals surface area contributed by atoms with Crippen LogP contribution in [0.15, 0.2) is 62.9 Å². The highest BCUT2D eigenvalue weighted by atomic mass is 32.2. The van der Waals surface area contributed by atoms with Gasteiger partial charge in [-0.15, -0.1) is 0 Å². The van der Waals surface area contributed by atoms with Crippen molar-refractivity contribution in [3.05, 3.63) is 59.9 Å². The molecule has 0 unspecified atom stereocenters. The number of halogens is 1. The summed E-state index contributed by atoms with van der Waals surface area (Å²) in [4.78, 5) is 5.70. The quantitative estimate of drug-likeness (QED) is 0.710. The van der Waals surface area contributed by atoms with Crippen LogP contribution in [0, 0.1) is 12.7 Å². The van der Waals surface area contributed by atoms with Crippen molar-refractivity contribution in [2.75, 3.05) is 19.0 Å². The van der Waals surface area contributed by atoms with E-state index < -0.39 is 15.7 Å². The Labute approximate surface area is 145 Å². The Balaban J connectivity index is 2.19. The van der Waals surface area contributed by atoms with Gasteiger partial charge in [-0.1, -0.05) is 29.8 Å². The molecule has 0 aliphatic heterocycles. The van der Waals surface area contributed by atoms with E-state index in [-0.39, 0.29) is 27.3 Å². The SMILES string of the molecule is Cc1ccc(S(=O)(=O)c2nc(-c3ccccc3F)oc2N(C)C)cc1. The molecule has 0 saturated carbocycles. The fourth-order valence-electron chi connectivity index (χ4n) is 2.33. The Kier molecular flexibility index (Phi) is 4.34. The average Bonchev–Trinajstić information content (AvgIpc) is 3.02. The normalized spacial score (nSPS) is 11.5. The van der Waals surface area contributed by atoms with Gasteiger partial charge in [0, 0.05) is 14.1 Å². The molecule has 0 amide bonds. The van der Waals surface area contributed by atoms with Crippen molar-refractivity contribution in [2.24, 2.45) is 0 Å². The lowest BCUT2D eigenvalue weighted by Gasteiger charge is -2.10. The summed E-state index contributed by atoms with van der Waals surface area (Å²) < 4.78 is 45.5. The van der Waals surface area contributed by atoms with Crippen molar-refractivity contribution >= 4 is 15.7 Å². The summed E-state index contributed by atoms with van der Waals surface area (Å²) in [5.74, 6) is -0.556. The average molecular weight is 360 g/mol. The fourth-order valence-corrected chi connectivity index (χ4v) is 3.71. The molecule has 0 N–H and O–H groups in total. The molecule has 1 heterocycles. The smallest absolute Gasteiger partial charge is 0.235 e. The molecule has 0 fully saturated rings. The molecule has 3 aromatic rings. The highest BCUT2D eigenvalue weighted by molar-refractivity contribution is 7.91. The van der Waals surface area contributed by atoms with Gasteiger partial charge in [0.25, 0.3) is 0 Å². The number of anilines is 1. The zero-order valence-electron chi connectivity index (χ0n) is 14.0. The summed E-state index contributed by atoms with van der Waals surface area (Å²) >= 11 is 0. The number of rotatable bonds is 4. The van der Waals surface area contributed by atoms with Gasteiger partial charge >= 0.3 is 0 Å². The standard InChI is InChI=1S/C18H17FN2O3S/c1-12-8-10-13(11-9-12)25(22,23)17-18(21(2)3)24-16(20-17)14-6-4-5-7-15(14)19/h4-11H,1-3H3. The predicted octanol–water partition coefficient (Wildman–Crippen LogP) is 3.69. The van der Waals surface area contributed by atoms with Crippen LogP contribution in [0.25, 0.3) is 11.5 Å². The maximum Gasteiger partial charge on any atom is 0.235 e. The second kappa shape index (κ2) is 6.33. The Bertz CT molecular complexity index is 1010. The van der Waals surface area contributed by atoms with E-state index in [2.05, 4.69) is 4.98 Å². The van der Waals surface area contributed by atoms with Crippen molar-refractivity contribution in [3.63, 3.8) is 0 Å². The Morgan fingerprint density at radius 3 is 2.28 bits per heavy atom. The number of sulfone groups is 1. The van der Waals surface area contributed by atoms with Crippen molar-refractivity contribution < 1.29 is 17.2 Å². The summed E-state index contributed by atoms with van der Waals surface area (Å²) in [5, 5.41) is -0.236. The third kappa shape index (κ3) is 3.15. The molecular weight excluding hydrogens is 343 g/mol. The lowest BCUT2D eigenvalue weighted by Crippen LogP contribution is -2.13. The summed E-state index contributed by atoms with van der Waals surface area (Å²) in [6.07, 6.45) is 0. The molecule has 0 aliphatic carbocycles. The van der Waals surface area contributed by atoms with Gasteiger partial charge in [-0.25, -0.2) is 12.8 Å². The zero-order valence-corrected chi connectivity index (χ0v) is 14.8. The molecule has 3 rings (SSSR count). The lowest BCUT2D eigenvalue weighted by molar-refractivity contribution is 0.555. The van der Waals surface area contributed by atoms with E-state index in [0.29, 0.717) is 0 Å². The van der Waals surface area contributed by atoms with Crippen molar-refractivity contribution in [1.29, 1.82) is 0 Å². The highest BCUT2D eigenvalue weighted by Gasteiger charge is 2.30. The number of nitrogens with zero attached hydrogens (tertiary/aromatic N) is 2. The molecule has 25 heavy (non-hydrogen) atoms. The number of aryl methyl sites for hydroxylation is 1. The highest BCUT2D eigenvalue weighted by Crippen LogP contribution is 2.34. The second-order valence-corrected chi connectivity index (χ2v) is 7.69. The number of oxazole rings is 1. The van der Waals surface area contributed by atoms with E-state index in [1.165, 1.54) is 29.2 Å². The minimum absolute atomic E-state index is 0.0545. The first-order valence-corrected chi connectivity index (χ1v) is 9.04. The van der Waals surface area contributed by atoms with Crippen LogP contribution in [0.2, 0.25) is 0 Å². The Morgan fingerprint density at radius 1 is 1.04 bits per heavy atom. The van der Waals surface area contributed by atoms with Gasteiger partial charge in [0.15, 0.2) is 0 Å². The molecular formula is C18H17FN2O3S.